The smallest absolute Gasteiger partial charge is 0.243 e. The summed E-state index contributed by atoms with van der Waals surface area (Å²) in [6.07, 6.45) is 3.16. The second kappa shape index (κ2) is 10.1. The molecule has 0 bridgehead atoms. The van der Waals surface area contributed by atoms with Gasteiger partial charge in [-0.1, -0.05) is 49.4 Å². The molecule has 1 amide bonds. The molecule has 0 spiro atoms. The molecule has 172 valence electrons. The number of sulfonamides is 1. The van der Waals surface area contributed by atoms with Gasteiger partial charge in [-0.15, -0.1) is 0 Å². The van der Waals surface area contributed by atoms with Crippen LogP contribution in [0.15, 0.2) is 59.5 Å². The summed E-state index contributed by atoms with van der Waals surface area (Å²) in [6.45, 7) is 5.52. The predicted octanol–water partition coefficient (Wildman–Crippen LogP) is 3.04. The number of nitrogens with one attached hydrogen (secondary N) is 1. The fourth-order valence-electron chi connectivity index (χ4n) is 4.82. The summed E-state index contributed by atoms with van der Waals surface area (Å²) in [5.41, 5.74) is 2.82. The molecule has 2 heterocycles. The van der Waals surface area contributed by atoms with Gasteiger partial charge in [0.25, 0.3) is 0 Å². The van der Waals surface area contributed by atoms with Gasteiger partial charge in [0.05, 0.1) is 4.90 Å². The summed E-state index contributed by atoms with van der Waals surface area (Å²) in [5.74, 6) is -0.0746. The molecular formula is C25H33N3O3S. The molecule has 1 atom stereocenters. The number of rotatable bonds is 7. The number of benzene rings is 2. The van der Waals surface area contributed by atoms with Crippen molar-refractivity contribution in [2.45, 2.75) is 50.1 Å². The minimum atomic E-state index is -3.48. The zero-order valence-electron chi connectivity index (χ0n) is 18.7. The van der Waals surface area contributed by atoms with Gasteiger partial charge < -0.3 is 5.32 Å². The van der Waals surface area contributed by atoms with Crippen molar-refractivity contribution in [1.82, 2.24) is 14.5 Å². The third-order valence-electron chi connectivity index (χ3n) is 6.87. The normalized spacial score (nSPS) is 19.3. The zero-order chi connectivity index (χ0) is 22.6. The summed E-state index contributed by atoms with van der Waals surface area (Å²) in [6, 6.07) is 17.4. The van der Waals surface area contributed by atoms with Crippen LogP contribution in [0, 0.1) is 5.92 Å². The lowest BCUT2D eigenvalue weighted by atomic mass is 9.96. The van der Waals surface area contributed by atoms with Gasteiger partial charge >= 0.3 is 0 Å². The second-order valence-corrected chi connectivity index (χ2v) is 10.7. The molecule has 6 nitrogen and oxygen atoms in total. The number of carbonyl (C=O) groups is 1. The van der Waals surface area contributed by atoms with Gasteiger partial charge in [-0.25, -0.2) is 8.42 Å². The molecule has 7 heteroatoms. The van der Waals surface area contributed by atoms with E-state index in [1.54, 1.807) is 24.3 Å². The number of carbonyl (C=O) groups excluding carboxylic acids is 1. The van der Waals surface area contributed by atoms with E-state index < -0.39 is 10.0 Å². The largest absolute Gasteiger partial charge is 0.354 e. The van der Waals surface area contributed by atoms with Crippen LogP contribution in [0.4, 0.5) is 0 Å². The Morgan fingerprint density at radius 1 is 1.00 bits per heavy atom. The Morgan fingerprint density at radius 2 is 1.66 bits per heavy atom. The van der Waals surface area contributed by atoms with Crippen molar-refractivity contribution in [2.75, 3.05) is 26.2 Å². The van der Waals surface area contributed by atoms with Crippen molar-refractivity contribution in [3.05, 3.63) is 65.7 Å². The molecule has 1 unspecified atom stereocenters. The standard InChI is InChI=1S/C25H33N3O3S/c1-2-23(27-15-12-20-8-6-7-9-22(20)19-27)18-26-25(29)21-13-16-28(17-14-21)32(30,31)24-10-4-3-5-11-24/h3-11,21,23H,2,12-19H2,1H3,(H,26,29). The van der Waals surface area contributed by atoms with E-state index in [-0.39, 0.29) is 11.8 Å². The predicted molar refractivity (Wildman–Crippen MR) is 126 cm³/mol. The molecule has 1 N–H and O–H groups in total. The Bertz CT molecular complexity index is 1020. The average molecular weight is 456 g/mol. The molecule has 32 heavy (non-hydrogen) atoms. The topological polar surface area (TPSA) is 69.7 Å². The number of piperidine rings is 1. The first-order valence-corrected chi connectivity index (χ1v) is 13.1. The van der Waals surface area contributed by atoms with Gasteiger partial charge in [-0.2, -0.15) is 4.31 Å². The van der Waals surface area contributed by atoms with Crippen molar-refractivity contribution in [3.8, 4) is 0 Å². The molecular weight excluding hydrogens is 422 g/mol. The third kappa shape index (κ3) is 5.05. The lowest BCUT2D eigenvalue weighted by Crippen LogP contribution is -2.48. The van der Waals surface area contributed by atoms with Crippen LogP contribution in [-0.2, 0) is 27.8 Å². The molecule has 2 aliphatic rings. The van der Waals surface area contributed by atoms with E-state index in [1.807, 2.05) is 6.07 Å². The lowest BCUT2D eigenvalue weighted by molar-refractivity contribution is -0.126. The van der Waals surface area contributed by atoms with Gasteiger partial charge in [-0.3, -0.25) is 9.69 Å². The number of nitrogens with zero attached hydrogens (tertiary/aromatic N) is 2. The van der Waals surface area contributed by atoms with E-state index in [0.29, 0.717) is 43.4 Å². The summed E-state index contributed by atoms with van der Waals surface area (Å²) >= 11 is 0. The van der Waals surface area contributed by atoms with E-state index in [4.69, 9.17) is 0 Å². The van der Waals surface area contributed by atoms with Crippen LogP contribution in [0.5, 0.6) is 0 Å². The fourth-order valence-corrected chi connectivity index (χ4v) is 6.31. The van der Waals surface area contributed by atoms with Crippen molar-refractivity contribution in [3.63, 3.8) is 0 Å². The minimum Gasteiger partial charge on any atom is -0.354 e. The van der Waals surface area contributed by atoms with E-state index >= 15 is 0 Å². The highest BCUT2D eigenvalue weighted by Crippen LogP contribution is 2.24. The van der Waals surface area contributed by atoms with E-state index in [0.717, 1.165) is 25.9 Å². The summed E-state index contributed by atoms with van der Waals surface area (Å²) in [4.78, 5) is 15.6. The Labute approximate surface area is 191 Å². The van der Waals surface area contributed by atoms with Crippen LogP contribution in [0.2, 0.25) is 0 Å². The van der Waals surface area contributed by atoms with Crippen molar-refractivity contribution >= 4 is 15.9 Å². The molecule has 0 radical (unpaired) electrons. The van der Waals surface area contributed by atoms with Crippen LogP contribution in [0.1, 0.15) is 37.3 Å². The van der Waals surface area contributed by atoms with Gasteiger partial charge in [-0.05, 0) is 48.9 Å². The molecule has 2 aliphatic heterocycles. The highest BCUT2D eigenvalue weighted by molar-refractivity contribution is 7.89. The Morgan fingerprint density at radius 3 is 2.34 bits per heavy atom. The maximum atomic E-state index is 12.8. The maximum Gasteiger partial charge on any atom is 0.243 e. The van der Waals surface area contributed by atoms with Crippen molar-refractivity contribution in [1.29, 1.82) is 0 Å². The molecule has 0 aliphatic carbocycles. The number of hydrogen-bond acceptors (Lipinski definition) is 4. The lowest BCUT2D eigenvalue weighted by Gasteiger charge is -2.36. The van der Waals surface area contributed by atoms with Crippen LogP contribution >= 0.6 is 0 Å². The van der Waals surface area contributed by atoms with Crippen LogP contribution in [-0.4, -0.2) is 55.8 Å². The average Bonchev–Trinajstić information content (AvgIpc) is 2.85. The molecule has 1 fully saturated rings. The molecule has 0 aromatic heterocycles. The molecule has 2 aromatic carbocycles. The van der Waals surface area contributed by atoms with Gasteiger partial charge in [0.1, 0.15) is 0 Å². The van der Waals surface area contributed by atoms with Crippen LogP contribution in [0.3, 0.4) is 0 Å². The van der Waals surface area contributed by atoms with E-state index in [1.165, 1.54) is 15.4 Å². The Balaban J connectivity index is 1.28. The van der Waals surface area contributed by atoms with Crippen LogP contribution < -0.4 is 5.32 Å². The third-order valence-corrected chi connectivity index (χ3v) is 8.78. The van der Waals surface area contributed by atoms with Crippen molar-refractivity contribution in [2.24, 2.45) is 5.92 Å². The Hall–Kier alpha value is -2.22. The number of amides is 1. The number of fused-ring (bicyclic) bond motifs is 1. The quantitative estimate of drug-likeness (QED) is 0.697. The maximum absolute atomic E-state index is 12.8. The highest BCUT2D eigenvalue weighted by Gasteiger charge is 2.32. The summed E-state index contributed by atoms with van der Waals surface area (Å²) in [7, 11) is -3.48. The first-order valence-electron chi connectivity index (χ1n) is 11.6. The van der Waals surface area contributed by atoms with E-state index in [9.17, 15) is 13.2 Å². The fraction of sp³-hybridized carbons (Fsp3) is 0.480. The first kappa shape index (κ1) is 23.0. The molecule has 0 saturated carbocycles. The molecule has 4 rings (SSSR count). The number of hydrogen-bond donors (Lipinski definition) is 1. The van der Waals surface area contributed by atoms with E-state index in [2.05, 4.69) is 41.4 Å². The van der Waals surface area contributed by atoms with Crippen molar-refractivity contribution < 1.29 is 13.2 Å². The molecule has 2 aromatic rings. The van der Waals surface area contributed by atoms with Gasteiger partial charge in [0, 0.05) is 44.7 Å². The van der Waals surface area contributed by atoms with Crippen LogP contribution in [0.25, 0.3) is 0 Å². The monoisotopic (exact) mass is 455 g/mol. The first-order chi connectivity index (χ1) is 15.5. The zero-order valence-corrected chi connectivity index (χ0v) is 19.6. The van der Waals surface area contributed by atoms with Gasteiger partial charge in [0.2, 0.25) is 15.9 Å². The Kier molecular flexibility index (Phi) is 7.28. The highest BCUT2D eigenvalue weighted by atomic mass is 32.2. The summed E-state index contributed by atoms with van der Waals surface area (Å²) in [5, 5.41) is 3.16. The van der Waals surface area contributed by atoms with Gasteiger partial charge in [0.15, 0.2) is 0 Å². The second-order valence-electron chi connectivity index (χ2n) is 8.79. The minimum absolute atomic E-state index is 0.0534. The summed E-state index contributed by atoms with van der Waals surface area (Å²) < 4.78 is 27.1. The molecule has 1 saturated heterocycles. The SMILES string of the molecule is CCC(CNC(=O)C1CCN(S(=O)(=O)c2ccccc2)CC1)N1CCc2ccccc2C1.